The molecule has 0 aliphatic carbocycles. The Bertz CT molecular complexity index is 915. The predicted octanol–water partition coefficient (Wildman–Crippen LogP) is 2.46. The third-order valence-corrected chi connectivity index (χ3v) is 3.22. The number of fused-ring (bicyclic) bond motifs is 1. The highest BCUT2D eigenvalue weighted by Gasteiger charge is 2.06. The maximum atomic E-state index is 11.9. The number of hydrogen-bond acceptors (Lipinski definition) is 5. The van der Waals surface area contributed by atoms with Crippen LogP contribution in [0.2, 0.25) is 0 Å². The first-order valence-corrected chi connectivity index (χ1v) is 6.73. The van der Waals surface area contributed by atoms with Crippen molar-refractivity contribution in [2.24, 2.45) is 5.10 Å². The standard InChI is InChI=1S/C16H14N4O2/c1-10(11-6-2-5-9-14(11)21)19-20-15-16(22)18-13-8-4-3-7-12(13)17-15/h2-9,21H,1H3,(H,17,20)(H,18,22)/b19-10+. The second-order valence-electron chi connectivity index (χ2n) is 4.76. The van der Waals surface area contributed by atoms with Crippen molar-refractivity contribution in [3.8, 4) is 5.75 Å². The van der Waals surface area contributed by atoms with E-state index in [-0.39, 0.29) is 17.1 Å². The number of para-hydroxylation sites is 3. The minimum absolute atomic E-state index is 0.105. The summed E-state index contributed by atoms with van der Waals surface area (Å²) in [5, 5.41) is 13.9. The molecule has 0 bridgehead atoms. The summed E-state index contributed by atoms with van der Waals surface area (Å²) in [6.07, 6.45) is 0. The van der Waals surface area contributed by atoms with Gasteiger partial charge in [0, 0.05) is 5.56 Å². The summed E-state index contributed by atoms with van der Waals surface area (Å²) in [6, 6.07) is 14.1. The van der Waals surface area contributed by atoms with Crippen LogP contribution < -0.4 is 11.0 Å². The summed E-state index contributed by atoms with van der Waals surface area (Å²) in [6.45, 7) is 1.73. The molecule has 0 amide bonds. The molecule has 0 saturated carbocycles. The Labute approximate surface area is 126 Å². The lowest BCUT2D eigenvalue weighted by Gasteiger charge is -2.05. The van der Waals surface area contributed by atoms with Gasteiger partial charge in [0.05, 0.1) is 16.7 Å². The zero-order valence-electron chi connectivity index (χ0n) is 11.9. The van der Waals surface area contributed by atoms with Crippen molar-refractivity contribution in [2.75, 3.05) is 5.43 Å². The minimum atomic E-state index is -0.354. The maximum absolute atomic E-state index is 11.9. The summed E-state index contributed by atoms with van der Waals surface area (Å²) in [5.74, 6) is 0.236. The molecule has 3 N–H and O–H groups in total. The van der Waals surface area contributed by atoms with Gasteiger partial charge in [-0.05, 0) is 31.2 Å². The maximum Gasteiger partial charge on any atom is 0.293 e. The number of phenols is 1. The van der Waals surface area contributed by atoms with Crippen LogP contribution in [0, 0.1) is 0 Å². The normalized spacial score (nSPS) is 11.6. The quantitative estimate of drug-likeness (QED) is 0.511. The van der Waals surface area contributed by atoms with Crippen molar-refractivity contribution in [2.45, 2.75) is 6.92 Å². The van der Waals surface area contributed by atoms with Gasteiger partial charge in [0.1, 0.15) is 5.75 Å². The van der Waals surface area contributed by atoms with Crippen LogP contribution >= 0.6 is 0 Å². The summed E-state index contributed by atoms with van der Waals surface area (Å²) in [7, 11) is 0. The lowest BCUT2D eigenvalue weighted by Crippen LogP contribution is -2.14. The molecule has 3 aromatic rings. The van der Waals surface area contributed by atoms with E-state index in [0.29, 0.717) is 22.3 Å². The fourth-order valence-electron chi connectivity index (χ4n) is 2.08. The number of phenolic OH excluding ortho intramolecular Hbond substituents is 1. The number of rotatable bonds is 3. The van der Waals surface area contributed by atoms with Crippen molar-refractivity contribution in [1.29, 1.82) is 0 Å². The zero-order valence-corrected chi connectivity index (χ0v) is 11.9. The van der Waals surface area contributed by atoms with Crippen molar-refractivity contribution >= 4 is 22.6 Å². The molecule has 0 unspecified atom stereocenters. The Morgan fingerprint density at radius 2 is 1.91 bits per heavy atom. The first-order valence-electron chi connectivity index (χ1n) is 6.73. The number of aromatic amines is 1. The number of H-pyrrole nitrogens is 1. The van der Waals surface area contributed by atoms with Crippen LogP contribution in [-0.4, -0.2) is 20.8 Å². The lowest BCUT2D eigenvalue weighted by molar-refractivity contribution is 0.474. The average molecular weight is 294 g/mol. The van der Waals surface area contributed by atoms with Crippen molar-refractivity contribution < 1.29 is 5.11 Å². The van der Waals surface area contributed by atoms with E-state index in [1.807, 2.05) is 12.1 Å². The van der Waals surface area contributed by atoms with Crippen LogP contribution in [0.4, 0.5) is 5.82 Å². The number of aromatic nitrogens is 2. The van der Waals surface area contributed by atoms with Crippen LogP contribution in [0.1, 0.15) is 12.5 Å². The van der Waals surface area contributed by atoms with E-state index in [2.05, 4.69) is 20.5 Å². The first-order chi connectivity index (χ1) is 10.6. The molecule has 0 spiro atoms. The Morgan fingerprint density at radius 3 is 2.73 bits per heavy atom. The number of aromatic hydroxyl groups is 1. The number of hydrazone groups is 1. The van der Waals surface area contributed by atoms with Gasteiger partial charge in [-0.25, -0.2) is 4.98 Å². The molecule has 0 aliphatic rings. The molecule has 0 fully saturated rings. The van der Waals surface area contributed by atoms with Gasteiger partial charge in [-0.3, -0.25) is 10.2 Å². The number of anilines is 1. The highest BCUT2D eigenvalue weighted by molar-refractivity contribution is 6.01. The first kappa shape index (κ1) is 13.8. The third-order valence-electron chi connectivity index (χ3n) is 3.22. The largest absolute Gasteiger partial charge is 0.507 e. The predicted molar refractivity (Wildman–Crippen MR) is 86.3 cm³/mol. The van der Waals surface area contributed by atoms with Crippen molar-refractivity contribution in [3.63, 3.8) is 0 Å². The molecular formula is C16H14N4O2. The molecule has 1 heterocycles. The number of nitrogens with zero attached hydrogens (tertiary/aromatic N) is 2. The molecule has 0 aliphatic heterocycles. The van der Waals surface area contributed by atoms with Gasteiger partial charge in [0.25, 0.3) is 5.56 Å². The molecule has 6 heteroatoms. The molecule has 0 atom stereocenters. The SMILES string of the molecule is C/C(=N\Nc1nc2ccccc2[nH]c1=O)c1ccccc1O. The van der Waals surface area contributed by atoms with E-state index in [9.17, 15) is 9.90 Å². The molecule has 110 valence electrons. The van der Waals surface area contributed by atoms with Gasteiger partial charge in [0.15, 0.2) is 0 Å². The Balaban J connectivity index is 1.93. The van der Waals surface area contributed by atoms with Gasteiger partial charge in [-0.2, -0.15) is 5.10 Å². The fourth-order valence-corrected chi connectivity index (χ4v) is 2.08. The van der Waals surface area contributed by atoms with Gasteiger partial charge in [-0.15, -0.1) is 0 Å². The van der Waals surface area contributed by atoms with E-state index in [1.165, 1.54) is 0 Å². The average Bonchev–Trinajstić information content (AvgIpc) is 2.53. The Morgan fingerprint density at radius 1 is 1.18 bits per heavy atom. The number of nitrogens with one attached hydrogen (secondary N) is 2. The lowest BCUT2D eigenvalue weighted by atomic mass is 10.1. The van der Waals surface area contributed by atoms with Crippen LogP contribution in [0.15, 0.2) is 58.4 Å². The Kier molecular flexibility index (Phi) is 3.57. The van der Waals surface area contributed by atoms with E-state index in [4.69, 9.17) is 0 Å². The molecule has 0 saturated heterocycles. The smallest absolute Gasteiger partial charge is 0.293 e. The van der Waals surface area contributed by atoms with Crippen LogP contribution in [-0.2, 0) is 0 Å². The van der Waals surface area contributed by atoms with Crippen LogP contribution in [0.3, 0.4) is 0 Å². The van der Waals surface area contributed by atoms with Crippen LogP contribution in [0.25, 0.3) is 11.0 Å². The number of hydrogen-bond donors (Lipinski definition) is 3. The number of benzene rings is 2. The molecule has 1 aromatic heterocycles. The molecule has 22 heavy (non-hydrogen) atoms. The summed E-state index contributed by atoms with van der Waals surface area (Å²) >= 11 is 0. The zero-order chi connectivity index (χ0) is 15.5. The second kappa shape index (κ2) is 5.69. The third kappa shape index (κ3) is 2.67. The fraction of sp³-hybridized carbons (Fsp3) is 0.0625. The minimum Gasteiger partial charge on any atom is -0.507 e. The highest BCUT2D eigenvalue weighted by atomic mass is 16.3. The second-order valence-corrected chi connectivity index (χ2v) is 4.76. The summed E-state index contributed by atoms with van der Waals surface area (Å²) in [5.41, 5.74) is 4.77. The molecule has 0 radical (unpaired) electrons. The molecular weight excluding hydrogens is 280 g/mol. The van der Waals surface area contributed by atoms with E-state index >= 15 is 0 Å². The van der Waals surface area contributed by atoms with Crippen molar-refractivity contribution in [1.82, 2.24) is 9.97 Å². The van der Waals surface area contributed by atoms with Gasteiger partial charge in [0.2, 0.25) is 5.82 Å². The molecule has 2 aromatic carbocycles. The monoisotopic (exact) mass is 294 g/mol. The topological polar surface area (TPSA) is 90.4 Å². The van der Waals surface area contributed by atoms with E-state index < -0.39 is 0 Å². The van der Waals surface area contributed by atoms with Crippen molar-refractivity contribution in [3.05, 3.63) is 64.4 Å². The summed E-state index contributed by atoms with van der Waals surface area (Å²) < 4.78 is 0. The Hall–Kier alpha value is -3.15. The molecule has 6 nitrogen and oxygen atoms in total. The van der Waals surface area contributed by atoms with Crippen LogP contribution in [0.5, 0.6) is 5.75 Å². The summed E-state index contributed by atoms with van der Waals surface area (Å²) in [4.78, 5) is 18.9. The van der Waals surface area contributed by atoms with E-state index in [1.54, 1.807) is 43.3 Å². The van der Waals surface area contributed by atoms with Gasteiger partial charge >= 0.3 is 0 Å². The highest BCUT2D eigenvalue weighted by Crippen LogP contribution is 2.16. The molecule has 3 rings (SSSR count). The van der Waals surface area contributed by atoms with Gasteiger partial charge in [-0.1, -0.05) is 24.3 Å². The van der Waals surface area contributed by atoms with Gasteiger partial charge < -0.3 is 10.1 Å². The van der Waals surface area contributed by atoms with E-state index in [0.717, 1.165) is 0 Å².